The van der Waals surface area contributed by atoms with E-state index in [0.717, 1.165) is 17.1 Å². The van der Waals surface area contributed by atoms with Crippen LogP contribution < -0.4 is 4.74 Å². The van der Waals surface area contributed by atoms with E-state index in [1.807, 2.05) is 37.4 Å². The van der Waals surface area contributed by atoms with E-state index in [4.69, 9.17) is 4.74 Å². The van der Waals surface area contributed by atoms with Gasteiger partial charge in [0.1, 0.15) is 12.4 Å². The smallest absolute Gasteiger partial charge is 0.132 e. The molecule has 0 aromatic heterocycles. The van der Waals surface area contributed by atoms with Crippen LogP contribution in [0.25, 0.3) is 0 Å². The molecule has 0 fully saturated rings. The van der Waals surface area contributed by atoms with Gasteiger partial charge in [0.15, 0.2) is 0 Å². The molecule has 0 bridgehead atoms. The predicted molar refractivity (Wildman–Crippen MR) is 60.0 cm³/mol. The van der Waals surface area contributed by atoms with Crippen molar-refractivity contribution in [2.75, 3.05) is 12.9 Å². The molecule has 0 saturated carbocycles. The monoisotopic (exact) mass is 212 g/mol. The van der Waals surface area contributed by atoms with E-state index in [9.17, 15) is 5.11 Å². The second kappa shape index (κ2) is 5.94. The maximum Gasteiger partial charge on any atom is 0.132 e. The average molecular weight is 212 g/mol. The van der Waals surface area contributed by atoms with Crippen molar-refractivity contribution < 1.29 is 9.84 Å². The normalized spacial score (nSPS) is 12.5. The van der Waals surface area contributed by atoms with Gasteiger partial charge in [-0.3, -0.25) is 0 Å². The summed E-state index contributed by atoms with van der Waals surface area (Å²) in [5.41, 5.74) is 0. The molecule has 0 aliphatic carbocycles. The Morgan fingerprint density at radius 1 is 1.43 bits per heavy atom. The molecule has 1 aromatic carbocycles. The Morgan fingerprint density at radius 3 is 2.79 bits per heavy atom. The van der Waals surface area contributed by atoms with E-state index in [1.54, 1.807) is 11.8 Å². The lowest BCUT2D eigenvalue weighted by Gasteiger charge is -2.12. The topological polar surface area (TPSA) is 29.5 Å². The Morgan fingerprint density at radius 2 is 2.14 bits per heavy atom. The molecule has 3 heteroatoms. The van der Waals surface area contributed by atoms with Crippen molar-refractivity contribution in [3.05, 3.63) is 24.3 Å². The summed E-state index contributed by atoms with van der Waals surface area (Å²) >= 11 is 1.65. The molecule has 0 spiro atoms. The maximum atomic E-state index is 9.35. The van der Waals surface area contributed by atoms with E-state index >= 15 is 0 Å². The Labute approximate surface area is 89.3 Å². The highest BCUT2D eigenvalue weighted by atomic mass is 32.2. The van der Waals surface area contributed by atoms with Gasteiger partial charge in [0, 0.05) is 4.90 Å². The van der Waals surface area contributed by atoms with Gasteiger partial charge in [-0.1, -0.05) is 19.1 Å². The van der Waals surface area contributed by atoms with E-state index in [1.165, 1.54) is 0 Å². The van der Waals surface area contributed by atoms with Crippen molar-refractivity contribution in [2.24, 2.45) is 0 Å². The number of hydrogen-bond acceptors (Lipinski definition) is 3. The third-order valence-corrected chi connectivity index (χ3v) is 2.75. The SMILES string of the molecule is CCC(O)COc1ccccc1SC. The number of aliphatic hydroxyl groups is 1. The molecule has 1 N–H and O–H groups in total. The number of ether oxygens (including phenoxy) is 1. The van der Waals surface area contributed by atoms with Crippen molar-refractivity contribution in [1.29, 1.82) is 0 Å². The summed E-state index contributed by atoms with van der Waals surface area (Å²) in [5, 5.41) is 9.35. The highest BCUT2D eigenvalue weighted by molar-refractivity contribution is 7.98. The van der Waals surface area contributed by atoms with Crippen LogP contribution >= 0.6 is 11.8 Å². The second-order valence-electron chi connectivity index (χ2n) is 3.02. The third kappa shape index (κ3) is 3.24. The number of hydrogen-bond donors (Lipinski definition) is 1. The molecule has 14 heavy (non-hydrogen) atoms. The molecule has 0 aliphatic heterocycles. The molecule has 0 aliphatic rings. The fourth-order valence-corrected chi connectivity index (χ4v) is 1.58. The number of aliphatic hydroxyl groups excluding tert-OH is 1. The predicted octanol–water partition coefficient (Wildman–Crippen LogP) is 2.56. The molecule has 1 rings (SSSR count). The lowest BCUT2D eigenvalue weighted by atomic mass is 10.3. The van der Waals surface area contributed by atoms with Gasteiger partial charge >= 0.3 is 0 Å². The Bertz CT molecular complexity index is 276. The number of thioether (sulfide) groups is 1. The summed E-state index contributed by atoms with van der Waals surface area (Å²) in [6.07, 6.45) is 2.37. The molecule has 0 saturated heterocycles. The summed E-state index contributed by atoms with van der Waals surface area (Å²) < 4.78 is 5.51. The van der Waals surface area contributed by atoms with Gasteiger partial charge in [0.05, 0.1) is 6.10 Å². The van der Waals surface area contributed by atoms with E-state index in [-0.39, 0.29) is 6.10 Å². The Kier molecular flexibility index (Phi) is 4.84. The van der Waals surface area contributed by atoms with Crippen molar-refractivity contribution >= 4 is 11.8 Å². The number of para-hydroxylation sites is 1. The lowest BCUT2D eigenvalue weighted by molar-refractivity contribution is 0.103. The molecular weight excluding hydrogens is 196 g/mol. The zero-order valence-electron chi connectivity index (χ0n) is 8.56. The van der Waals surface area contributed by atoms with Crippen LogP contribution in [0.15, 0.2) is 29.2 Å². The van der Waals surface area contributed by atoms with Crippen LogP contribution in [-0.4, -0.2) is 24.1 Å². The molecule has 1 atom stereocenters. The summed E-state index contributed by atoms with van der Waals surface area (Å²) in [6, 6.07) is 7.86. The zero-order chi connectivity index (χ0) is 10.4. The number of rotatable bonds is 5. The first-order valence-electron chi connectivity index (χ1n) is 4.71. The minimum Gasteiger partial charge on any atom is -0.490 e. The molecular formula is C11H16O2S. The molecule has 2 nitrogen and oxygen atoms in total. The van der Waals surface area contributed by atoms with Gasteiger partial charge in [0.25, 0.3) is 0 Å². The first-order valence-corrected chi connectivity index (χ1v) is 5.94. The van der Waals surface area contributed by atoms with Crippen LogP contribution in [0.5, 0.6) is 5.75 Å². The molecule has 1 unspecified atom stereocenters. The van der Waals surface area contributed by atoms with Gasteiger partial charge in [0.2, 0.25) is 0 Å². The standard InChI is InChI=1S/C11H16O2S/c1-3-9(12)8-13-10-6-4-5-7-11(10)14-2/h4-7,9,12H,3,8H2,1-2H3. The highest BCUT2D eigenvalue weighted by Gasteiger charge is 2.04. The zero-order valence-corrected chi connectivity index (χ0v) is 9.38. The number of benzene rings is 1. The molecule has 78 valence electrons. The van der Waals surface area contributed by atoms with Crippen molar-refractivity contribution in [3.63, 3.8) is 0 Å². The fraction of sp³-hybridized carbons (Fsp3) is 0.455. The summed E-state index contributed by atoms with van der Waals surface area (Å²) in [6.45, 7) is 2.31. The summed E-state index contributed by atoms with van der Waals surface area (Å²) in [7, 11) is 0. The van der Waals surface area contributed by atoms with Gasteiger partial charge < -0.3 is 9.84 Å². The second-order valence-corrected chi connectivity index (χ2v) is 3.87. The third-order valence-electron chi connectivity index (χ3n) is 1.97. The van der Waals surface area contributed by atoms with Crippen molar-refractivity contribution in [3.8, 4) is 5.75 Å². The largest absolute Gasteiger partial charge is 0.490 e. The first-order chi connectivity index (χ1) is 6.77. The van der Waals surface area contributed by atoms with E-state index in [0.29, 0.717) is 6.61 Å². The van der Waals surface area contributed by atoms with Gasteiger partial charge in [-0.05, 0) is 24.8 Å². The van der Waals surface area contributed by atoms with Crippen LogP contribution in [0, 0.1) is 0 Å². The average Bonchev–Trinajstić information content (AvgIpc) is 2.26. The molecule has 1 aromatic rings. The molecule has 0 amide bonds. The molecule has 0 heterocycles. The van der Waals surface area contributed by atoms with E-state index < -0.39 is 0 Å². The van der Waals surface area contributed by atoms with Gasteiger partial charge in [-0.25, -0.2) is 0 Å². The lowest BCUT2D eigenvalue weighted by Crippen LogP contribution is -2.16. The highest BCUT2D eigenvalue weighted by Crippen LogP contribution is 2.26. The Hall–Kier alpha value is -0.670. The minimum atomic E-state index is -0.370. The van der Waals surface area contributed by atoms with Crippen molar-refractivity contribution in [1.82, 2.24) is 0 Å². The minimum absolute atomic E-state index is 0.369. The van der Waals surface area contributed by atoms with E-state index in [2.05, 4.69) is 0 Å². The van der Waals surface area contributed by atoms with Crippen molar-refractivity contribution in [2.45, 2.75) is 24.3 Å². The summed E-state index contributed by atoms with van der Waals surface area (Å²) in [5.74, 6) is 0.854. The van der Waals surface area contributed by atoms with Crippen LogP contribution in [0.1, 0.15) is 13.3 Å². The fourth-order valence-electron chi connectivity index (χ4n) is 1.04. The Balaban J connectivity index is 2.57. The van der Waals surface area contributed by atoms with Crippen LogP contribution in [0.3, 0.4) is 0 Å². The quantitative estimate of drug-likeness (QED) is 0.761. The van der Waals surface area contributed by atoms with Crippen LogP contribution in [0.4, 0.5) is 0 Å². The van der Waals surface area contributed by atoms with Crippen LogP contribution in [0.2, 0.25) is 0 Å². The van der Waals surface area contributed by atoms with Gasteiger partial charge in [-0.2, -0.15) is 0 Å². The summed E-state index contributed by atoms with van der Waals surface area (Å²) in [4.78, 5) is 1.11. The first kappa shape index (κ1) is 11.4. The van der Waals surface area contributed by atoms with Crippen LogP contribution in [-0.2, 0) is 0 Å². The molecule has 0 radical (unpaired) electrons. The van der Waals surface area contributed by atoms with Gasteiger partial charge in [-0.15, -0.1) is 11.8 Å². The maximum absolute atomic E-state index is 9.35.